The van der Waals surface area contributed by atoms with Gasteiger partial charge in [0, 0.05) is 30.7 Å². The van der Waals surface area contributed by atoms with Crippen molar-refractivity contribution in [1.82, 2.24) is 10.6 Å². The number of non-ortho nitro benzene ring substituents is 1. The Bertz CT molecular complexity index is 849. The fourth-order valence-corrected chi connectivity index (χ4v) is 2.53. The third kappa shape index (κ3) is 6.39. The molecule has 148 valence electrons. The van der Waals surface area contributed by atoms with Gasteiger partial charge in [-0.05, 0) is 37.6 Å². The maximum atomic E-state index is 11.9. The normalized spacial score (nSPS) is 10.2. The molecule has 0 aliphatic heterocycles. The van der Waals surface area contributed by atoms with Crippen LogP contribution in [0.15, 0.2) is 42.5 Å². The number of carbonyl (C=O) groups is 2. The molecule has 2 rings (SSSR count). The van der Waals surface area contributed by atoms with Crippen LogP contribution in [0.3, 0.4) is 0 Å². The predicted octanol–water partition coefficient (Wildman–Crippen LogP) is 2.53. The van der Waals surface area contributed by atoms with Gasteiger partial charge in [0.05, 0.1) is 11.5 Å². The lowest BCUT2D eigenvalue weighted by Crippen LogP contribution is -2.32. The summed E-state index contributed by atoms with van der Waals surface area (Å²) in [6, 6.07) is 11.2. The van der Waals surface area contributed by atoms with Crippen molar-refractivity contribution < 1.29 is 19.2 Å². The van der Waals surface area contributed by atoms with E-state index in [1.54, 1.807) is 0 Å². The van der Waals surface area contributed by atoms with E-state index >= 15 is 0 Å². The molecule has 0 aromatic heterocycles. The van der Waals surface area contributed by atoms with Crippen LogP contribution in [0.5, 0.6) is 5.75 Å². The fraction of sp³-hybridized carbons (Fsp3) is 0.300. The number of nitrogens with zero attached hydrogens (tertiary/aromatic N) is 1. The zero-order valence-corrected chi connectivity index (χ0v) is 15.9. The number of benzene rings is 2. The molecule has 8 heteroatoms. The van der Waals surface area contributed by atoms with Gasteiger partial charge in [0.15, 0.2) is 0 Å². The Morgan fingerprint density at radius 3 is 2.39 bits per heavy atom. The summed E-state index contributed by atoms with van der Waals surface area (Å²) in [5, 5.41) is 15.9. The highest BCUT2D eigenvalue weighted by molar-refractivity contribution is 5.94. The lowest BCUT2D eigenvalue weighted by molar-refractivity contribution is -0.384. The Kier molecular flexibility index (Phi) is 7.50. The molecule has 2 N–H and O–H groups in total. The predicted molar refractivity (Wildman–Crippen MR) is 104 cm³/mol. The summed E-state index contributed by atoms with van der Waals surface area (Å²) in [4.78, 5) is 33.8. The Labute approximate surface area is 163 Å². The van der Waals surface area contributed by atoms with Gasteiger partial charge in [-0.15, -0.1) is 0 Å². The number of amides is 2. The minimum Gasteiger partial charge on any atom is -0.491 e. The third-order valence-corrected chi connectivity index (χ3v) is 3.99. The summed E-state index contributed by atoms with van der Waals surface area (Å²) in [6.07, 6.45) is 0.127. The van der Waals surface area contributed by atoms with Crippen LogP contribution in [0.4, 0.5) is 5.69 Å². The molecule has 0 atom stereocenters. The van der Waals surface area contributed by atoms with Crippen molar-refractivity contribution in [1.29, 1.82) is 0 Å². The zero-order chi connectivity index (χ0) is 20.5. The van der Waals surface area contributed by atoms with Crippen LogP contribution in [0.25, 0.3) is 0 Å². The van der Waals surface area contributed by atoms with Crippen LogP contribution in [-0.4, -0.2) is 36.4 Å². The number of hydrogen-bond donors (Lipinski definition) is 2. The first-order chi connectivity index (χ1) is 13.4. The molecule has 2 amide bonds. The molecule has 0 aliphatic rings. The maximum absolute atomic E-state index is 11.9. The quantitative estimate of drug-likeness (QED) is 0.391. The van der Waals surface area contributed by atoms with Crippen molar-refractivity contribution in [3.8, 4) is 5.75 Å². The number of nitro groups is 1. The molecule has 0 unspecified atom stereocenters. The highest BCUT2D eigenvalue weighted by Gasteiger charge is 2.10. The minimum absolute atomic E-state index is 0.0843. The summed E-state index contributed by atoms with van der Waals surface area (Å²) < 4.78 is 5.64. The SMILES string of the molecule is Cc1ccc(OCCNC(=O)CCNC(=O)c2ccc([N+](=O)[O-])cc2)c(C)c1. The summed E-state index contributed by atoms with van der Waals surface area (Å²) in [6.45, 7) is 4.86. The number of ether oxygens (including phenoxy) is 1. The molecular formula is C20H23N3O5. The van der Waals surface area contributed by atoms with E-state index in [4.69, 9.17) is 4.74 Å². The number of rotatable bonds is 9. The largest absolute Gasteiger partial charge is 0.491 e. The molecule has 0 heterocycles. The van der Waals surface area contributed by atoms with Crippen molar-refractivity contribution in [3.05, 3.63) is 69.3 Å². The third-order valence-electron chi connectivity index (χ3n) is 3.99. The molecule has 0 saturated carbocycles. The summed E-state index contributed by atoms with van der Waals surface area (Å²) in [5.41, 5.74) is 2.42. The first kappa shape index (κ1) is 20.9. The van der Waals surface area contributed by atoms with Gasteiger partial charge in [-0.1, -0.05) is 17.7 Å². The summed E-state index contributed by atoms with van der Waals surface area (Å²) >= 11 is 0. The van der Waals surface area contributed by atoms with E-state index < -0.39 is 4.92 Å². The average Bonchev–Trinajstić information content (AvgIpc) is 2.66. The van der Waals surface area contributed by atoms with Crippen LogP contribution in [0.2, 0.25) is 0 Å². The molecule has 0 saturated heterocycles. The second-order valence-corrected chi connectivity index (χ2v) is 6.28. The lowest BCUT2D eigenvalue weighted by Gasteiger charge is -2.10. The van der Waals surface area contributed by atoms with Crippen molar-refractivity contribution in [3.63, 3.8) is 0 Å². The van der Waals surface area contributed by atoms with Gasteiger partial charge in [-0.25, -0.2) is 0 Å². The Morgan fingerprint density at radius 1 is 1.04 bits per heavy atom. The van der Waals surface area contributed by atoms with E-state index in [9.17, 15) is 19.7 Å². The standard InChI is InChI=1S/C20H23N3O5/c1-14-3-8-18(15(2)13-14)28-12-11-21-19(24)9-10-22-20(25)16-4-6-17(7-5-16)23(26)27/h3-8,13H,9-12H2,1-2H3,(H,21,24)(H,22,25). The molecule has 0 bridgehead atoms. The fourth-order valence-electron chi connectivity index (χ4n) is 2.53. The van der Waals surface area contributed by atoms with Crippen LogP contribution in [0, 0.1) is 24.0 Å². The van der Waals surface area contributed by atoms with E-state index in [1.165, 1.54) is 24.3 Å². The van der Waals surface area contributed by atoms with E-state index in [0.717, 1.165) is 16.9 Å². The van der Waals surface area contributed by atoms with Crippen LogP contribution >= 0.6 is 0 Å². The first-order valence-electron chi connectivity index (χ1n) is 8.86. The smallest absolute Gasteiger partial charge is 0.269 e. The molecule has 2 aromatic rings. The van der Waals surface area contributed by atoms with Crippen LogP contribution in [0.1, 0.15) is 27.9 Å². The number of hydrogen-bond acceptors (Lipinski definition) is 5. The number of nitro benzene ring substituents is 1. The molecule has 8 nitrogen and oxygen atoms in total. The minimum atomic E-state index is -0.532. The first-order valence-corrected chi connectivity index (χ1v) is 8.86. The molecular weight excluding hydrogens is 362 g/mol. The highest BCUT2D eigenvalue weighted by atomic mass is 16.6. The zero-order valence-electron chi connectivity index (χ0n) is 15.9. The van der Waals surface area contributed by atoms with E-state index in [-0.39, 0.29) is 30.5 Å². The number of nitrogens with one attached hydrogen (secondary N) is 2. The molecule has 0 spiro atoms. The second-order valence-electron chi connectivity index (χ2n) is 6.28. The van der Waals surface area contributed by atoms with E-state index in [1.807, 2.05) is 32.0 Å². The average molecular weight is 385 g/mol. The van der Waals surface area contributed by atoms with Crippen LogP contribution in [-0.2, 0) is 4.79 Å². The highest BCUT2D eigenvalue weighted by Crippen LogP contribution is 2.18. The maximum Gasteiger partial charge on any atom is 0.269 e. The van der Waals surface area contributed by atoms with Gasteiger partial charge in [0.1, 0.15) is 12.4 Å². The van der Waals surface area contributed by atoms with Crippen molar-refractivity contribution in [2.24, 2.45) is 0 Å². The van der Waals surface area contributed by atoms with Crippen molar-refractivity contribution in [2.75, 3.05) is 19.7 Å². The molecule has 28 heavy (non-hydrogen) atoms. The van der Waals surface area contributed by atoms with Crippen molar-refractivity contribution >= 4 is 17.5 Å². The topological polar surface area (TPSA) is 111 Å². The van der Waals surface area contributed by atoms with Gasteiger partial charge < -0.3 is 15.4 Å². The molecule has 2 aromatic carbocycles. The van der Waals surface area contributed by atoms with E-state index in [2.05, 4.69) is 10.6 Å². The van der Waals surface area contributed by atoms with Crippen LogP contribution < -0.4 is 15.4 Å². The monoisotopic (exact) mass is 385 g/mol. The lowest BCUT2D eigenvalue weighted by atomic mass is 10.1. The molecule has 0 radical (unpaired) electrons. The molecule has 0 aliphatic carbocycles. The Morgan fingerprint density at radius 2 is 1.75 bits per heavy atom. The summed E-state index contributed by atoms with van der Waals surface area (Å²) in [5.74, 6) is 0.198. The molecule has 0 fully saturated rings. The number of carbonyl (C=O) groups excluding carboxylic acids is 2. The van der Waals surface area contributed by atoms with Gasteiger partial charge in [-0.2, -0.15) is 0 Å². The number of aryl methyl sites for hydroxylation is 2. The van der Waals surface area contributed by atoms with Gasteiger partial charge >= 0.3 is 0 Å². The van der Waals surface area contributed by atoms with Gasteiger partial charge in [-0.3, -0.25) is 19.7 Å². The Hall–Kier alpha value is -3.42. The van der Waals surface area contributed by atoms with Crippen molar-refractivity contribution in [2.45, 2.75) is 20.3 Å². The van der Waals surface area contributed by atoms with Gasteiger partial charge in [0.2, 0.25) is 5.91 Å². The van der Waals surface area contributed by atoms with Gasteiger partial charge in [0.25, 0.3) is 11.6 Å². The summed E-state index contributed by atoms with van der Waals surface area (Å²) in [7, 11) is 0. The Balaban J connectivity index is 1.64. The van der Waals surface area contributed by atoms with E-state index in [0.29, 0.717) is 18.7 Å². The second kappa shape index (κ2) is 10.1.